The normalized spacial score (nSPS) is 21.6. The molecule has 1 aliphatic heterocycles. The number of benzene rings is 1. The molecule has 2 rings (SSSR count). The fourth-order valence-electron chi connectivity index (χ4n) is 2.04. The monoisotopic (exact) mass is 274 g/mol. The summed E-state index contributed by atoms with van der Waals surface area (Å²) in [5, 5.41) is 3.14. The van der Waals surface area contributed by atoms with Gasteiger partial charge in [-0.05, 0) is 18.9 Å². The first-order chi connectivity index (χ1) is 9.40. The van der Waals surface area contributed by atoms with Gasteiger partial charge in [0.05, 0.1) is 12.7 Å². The Hall–Kier alpha value is -2.17. The maximum Gasteiger partial charge on any atom is 0.338 e. The molecule has 0 bridgehead atoms. The van der Waals surface area contributed by atoms with Gasteiger partial charge in [0.25, 0.3) is 5.91 Å². The molecule has 1 heterocycles. The number of nitrogens with one attached hydrogen (secondary N) is 1. The fourth-order valence-corrected chi connectivity index (χ4v) is 2.04. The molecule has 1 aromatic rings. The molecular formula is C15H18N2O3. The molecule has 1 atom stereocenters. The van der Waals surface area contributed by atoms with E-state index in [2.05, 4.69) is 10.3 Å². The first kappa shape index (κ1) is 14.2. The highest BCUT2D eigenvalue weighted by molar-refractivity contribution is 6.17. The van der Waals surface area contributed by atoms with Crippen LogP contribution in [0.2, 0.25) is 0 Å². The lowest BCUT2D eigenvalue weighted by Crippen LogP contribution is -2.50. The molecule has 106 valence electrons. The number of nitrogens with zero attached hydrogens (tertiary/aromatic N) is 1. The van der Waals surface area contributed by atoms with Crippen molar-refractivity contribution in [2.24, 2.45) is 10.9 Å². The summed E-state index contributed by atoms with van der Waals surface area (Å²) in [6.07, 6.45) is 0. The van der Waals surface area contributed by atoms with Gasteiger partial charge in [-0.25, -0.2) is 4.79 Å². The zero-order valence-corrected chi connectivity index (χ0v) is 12.1. The van der Waals surface area contributed by atoms with Gasteiger partial charge >= 0.3 is 5.97 Å². The molecule has 20 heavy (non-hydrogen) atoms. The Morgan fingerprint density at radius 3 is 2.55 bits per heavy atom. The second-order valence-corrected chi connectivity index (χ2v) is 5.28. The van der Waals surface area contributed by atoms with Gasteiger partial charge in [0, 0.05) is 5.56 Å². The molecule has 1 N–H and O–H groups in total. The van der Waals surface area contributed by atoms with Gasteiger partial charge in [0.15, 0.2) is 0 Å². The Balaban J connectivity index is 2.43. The van der Waals surface area contributed by atoms with Crippen LogP contribution >= 0.6 is 0 Å². The van der Waals surface area contributed by atoms with Crippen molar-refractivity contribution in [3.8, 4) is 0 Å². The van der Waals surface area contributed by atoms with Crippen molar-refractivity contribution < 1.29 is 14.3 Å². The third kappa shape index (κ3) is 2.19. The third-order valence-electron chi connectivity index (χ3n) is 3.78. The Bertz CT molecular complexity index is 593. The summed E-state index contributed by atoms with van der Waals surface area (Å²) in [5.41, 5.74) is 0.234. The summed E-state index contributed by atoms with van der Waals surface area (Å²) in [5.74, 6) is -0.161. The first-order valence-electron chi connectivity index (χ1n) is 6.49. The van der Waals surface area contributed by atoms with E-state index in [0.717, 1.165) is 0 Å². The van der Waals surface area contributed by atoms with Crippen molar-refractivity contribution in [3.05, 3.63) is 35.4 Å². The first-order valence-corrected chi connectivity index (χ1v) is 6.49. The average Bonchev–Trinajstić information content (AvgIpc) is 2.75. The van der Waals surface area contributed by atoms with Gasteiger partial charge in [0.1, 0.15) is 11.4 Å². The van der Waals surface area contributed by atoms with Gasteiger partial charge in [-0.3, -0.25) is 4.79 Å². The number of rotatable bonds is 3. The fraction of sp³-hybridized carbons (Fsp3) is 0.400. The maximum absolute atomic E-state index is 12.1. The van der Waals surface area contributed by atoms with Crippen LogP contribution in [0.15, 0.2) is 29.3 Å². The van der Waals surface area contributed by atoms with Crippen LogP contribution in [0.1, 0.15) is 36.7 Å². The Morgan fingerprint density at radius 1 is 1.35 bits per heavy atom. The molecule has 1 aromatic carbocycles. The Labute approximate surface area is 118 Å². The minimum Gasteiger partial charge on any atom is -0.465 e. The van der Waals surface area contributed by atoms with Crippen molar-refractivity contribution in [2.45, 2.75) is 26.3 Å². The average molecular weight is 274 g/mol. The number of hydrogen-bond donors (Lipinski definition) is 1. The Kier molecular flexibility index (Phi) is 3.61. The number of methoxy groups -OCH3 is 1. The summed E-state index contributed by atoms with van der Waals surface area (Å²) < 4.78 is 4.76. The molecule has 0 radical (unpaired) electrons. The van der Waals surface area contributed by atoms with E-state index in [9.17, 15) is 9.59 Å². The molecule has 0 aliphatic carbocycles. The van der Waals surface area contributed by atoms with Crippen molar-refractivity contribution in [1.82, 2.24) is 5.32 Å². The molecule has 0 fully saturated rings. The number of hydrogen-bond acceptors (Lipinski definition) is 4. The van der Waals surface area contributed by atoms with Crippen LogP contribution in [-0.2, 0) is 9.53 Å². The molecule has 5 heteroatoms. The lowest BCUT2D eigenvalue weighted by atomic mass is 9.88. The summed E-state index contributed by atoms with van der Waals surface area (Å²) in [6.45, 7) is 5.72. The highest BCUT2D eigenvalue weighted by Crippen LogP contribution is 2.25. The number of ether oxygens (including phenoxy) is 1. The van der Waals surface area contributed by atoms with E-state index < -0.39 is 11.5 Å². The zero-order valence-electron chi connectivity index (χ0n) is 12.1. The lowest BCUT2D eigenvalue weighted by molar-refractivity contribution is -0.123. The van der Waals surface area contributed by atoms with Crippen LogP contribution < -0.4 is 5.32 Å². The molecule has 1 amide bonds. The molecular weight excluding hydrogens is 256 g/mol. The van der Waals surface area contributed by atoms with Gasteiger partial charge in [0.2, 0.25) is 0 Å². The Morgan fingerprint density at radius 2 is 2.00 bits per heavy atom. The van der Waals surface area contributed by atoms with Crippen LogP contribution in [-0.4, -0.2) is 30.4 Å². The van der Waals surface area contributed by atoms with Gasteiger partial charge < -0.3 is 10.1 Å². The highest BCUT2D eigenvalue weighted by Gasteiger charge is 2.42. The van der Waals surface area contributed by atoms with E-state index >= 15 is 0 Å². The molecule has 0 aromatic heterocycles. The summed E-state index contributed by atoms with van der Waals surface area (Å²) in [7, 11) is 1.33. The van der Waals surface area contributed by atoms with Gasteiger partial charge in [-0.2, -0.15) is 4.99 Å². The summed E-state index contributed by atoms with van der Waals surface area (Å²) in [6, 6.07) is 6.94. The SMILES string of the molecule is COC(=O)c1ccccc1C1=NC(=O)C(C)(C(C)C)N1. The number of carbonyl (C=O) groups excluding carboxylic acids is 2. The predicted octanol–water partition coefficient (Wildman–Crippen LogP) is 1.76. The predicted molar refractivity (Wildman–Crippen MR) is 75.7 cm³/mol. The van der Waals surface area contributed by atoms with E-state index in [0.29, 0.717) is 17.0 Å². The van der Waals surface area contributed by atoms with E-state index in [1.165, 1.54) is 7.11 Å². The molecule has 5 nitrogen and oxygen atoms in total. The minimum atomic E-state index is -0.738. The summed E-state index contributed by atoms with van der Waals surface area (Å²) in [4.78, 5) is 28.0. The summed E-state index contributed by atoms with van der Waals surface area (Å²) >= 11 is 0. The number of carbonyl (C=O) groups is 2. The van der Waals surface area contributed by atoms with Crippen molar-refractivity contribution in [1.29, 1.82) is 0 Å². The number of amides is 1. The molecule has 0 spiro atoms. The lowest BCUT2D eigenvalue weighted by Gasteiger charge is -2.27. The van der Waals surface area contributed by atoms with Crippen molar-refractivity contribution >= 4 is 17.7 Å². The third-order valence-corrected chi connectivity index (χ3v) is 3.78. The van der Waals surface area contributed by atoms with E-state index in [1.54, 1.807) is 24.3 Å². The molecule has 1 aliphatic rings. The number of aliphatic imine (C=N–C) groups is 1. The standard InChI is InChI=1S/C15H18N2O3/c1-9(2)15(3)14(19)16-12(17-15)10-7-5-6-8-11(10)13(18)20-4/h5-9H,1-4H3,(H,16,17,19). The number of amidine groups is 1. The van der Waals surface area contributed by atoms with Gasteiger partial charge in [-0.1, -0.05) is 32.0 Å². The quantitative estimate of drug-likeness (QED) is 0.853. The molecule has 0 saturated heterocycles. The van der Waals surface area contributed by atoms with Crippen LogP contribution in [0.5, 0.6) is 0 Å². The van der Waals surface area contributed by atoms with Crippen LogP contribution in [0.25, 0.3) is 0 Å². The van der Waals surface area contributed by atoms with Crippen molar-refractivity contribution in [3.63, 3.8) is 0 Å². The van der Waals surface area contributed by atoms with Crippen LogP contribution in [0.4, 0.5) is 0 Å². The topological polar surface area (TPSA) is 67.8 Å². The van der Waals surface area contributed by atoms with E-state index in [4.69, 9.17) is 4.74 Å². The molecule has 1 unspecified atom stereocenters. The maximum atomic E-state index is 12.1. The van der Waals surface area contributed by atoms with E-state index in [1.807, 2.05) is 20.8 Å². The van der Waals surface area contributed by atoms with E-state index in [-0.39, 0.29) is 11.8 Å². The van der Waals surface area contributed by atoms with Crippen LogP contribution in [0.3, 0.4) is 0 Å². The van der Waals surface area contributed by atoms with Crippen LogP contribution in [0, 0.1) is 5.92 Å². The zero-order chi connectivity index (χ0) is 14.9. The smallest absolute Gasteiger partial charge is 0.338 e. The largest absolute Gasteiger partial charge is 0.465 e. The minimum absolute atomic E-state index is 0.0848. The number of esters is 1. The van der Waals surface area contributed by atoms with Gasteiger partial charge in [-0.15, -0.1) is 0 Å². The highest BCUT2D eigenvalue weighted by atomic mass is 16.5. The second kappa shape index (κ2) is 5.07. The van der Waals surface area contributed by atoms with Crippen molar-refractivity contribution in [2.75, 3.05) is 7.11 Å². The molecule has 0 saturated carbocycles. The second-order valence-electron chi connectivity index (χ2n) is 5.28.